The highest BCUT2D eigenvalue weighted by molar-refractivity contribution is 5.88. The number of esters is 1. The van der Waals surface area contributed by atoms with Crippen molar-refractivity contribution in [2.24, 2.45) is 11.7 Å². The van der Waals surface area contributed by atoms with Gasteiger partial charge in [0.2, 0.25) is 5.91 Å². The van der Waals surface area contributed by atoms with E-state index < -0.39 is 35.9 Å². The van der Waals surface area contributed by atoms with Gasteiger partial charge in [0, 0.05) is 20.6 Å². The maximum atomic E-state index is 13.8. The molecule has 2 atom stereocenters. The Balaban J connectivity index is 2.32. The Hall–Kier alpha value is -2.94. The molecule has 0 fully saturated rings. The molecule has 0 bridgehead atoms. The number of hydrogen-bond acceptors (Lipinski definition) is 7. The summed E-state index contributed by atoms with van der Waals surface area (Å²) in [6, 6.07) is 15.2. The van der Waals surface area contributed by atoms with Crippen molar-refractivity contribution < 1.29 is 28.5 Å². The number of ether oxygens (including phenoxy) is 4. The Bertz CT molecular complexity index is 984. The van der Waals surface area contributed by atoms with E-state index in [-0.39, 0.29) is 19.4 Å². The minimum Gasteiger partial charge on any atom is -0.493 e. The fraction of sp³-hybridized carbons (Fsp3) is 0.533. The van der Waals surface area contributed by atoms with Crippen molar-refractivity contribution >= 4 is 11.9 Å². The van der Waals surface area contributed by atoms with Gasteiger partial charge in [-0.15, -0.1) is 0 Å². The van der Waals surface area contributed by atoms with E-state index in [0.29, 0.717) is 12.5 Å². The molecule has 210 valence electrons. The lowest BCUT2D eigenvalue weighted by molar-refractivity contribution is -0.171. The van der Waals surface area contributed by atoms with Gasteiger partial charge in [0.1, 0.15) is 17.4 Å². The van der Waals surface area contributed by atoms with Crippen LogP contribution in [0, 0.1) is 5.92 Å². The standard InChI is InChI=1S/C30H44N2O6/c1-21(2)20-37-24-15-13-23(14-16-24)17-25(31)28(33)32(19-27(35-6)36-7)26(29(34)38-30(3,4)5)18-22-11-9-8-10-12-22/h8-16,21,25-27H,17-20,31H2,1-7H3/t25-,26-/m0/s1. The van der Waals surface area contributed by atoms with E-state index in [0.717, 1.165) is 16.9 Å². The highest BCUT2D eigenvalue weighted by Gasteiger charge is 2.37. The first-order valence-corrected chi connectivity index (χ1v) is 13.0. The van der Waals surface area contributed by atoms with E-state index in [1.54, 1.807) is 20.8 Å². The number of nitrogens with two attached hydrogens (primary N) is 1. The van der Waals surface area contributed by atoms with Crippen LogP contribution >= 0.6 is 0 Å². The summed E-state index contributed by atoms with van der Waals surface area (Å²) in [7, 11) is 2.97. The number of carbonyl (C=O) groups excluding carboxylic acids is 2. The van der Waals surface area contributed by atoms with Crippen molar-refractivity contribution in [3.8, 4) is 5.75 Å². The number of amides is 1. The van der Waals surface area contributed by atoms with Crippen molar-refractivity contribution in [2.75, 3.05) is 27.4 Å². The number of rotatable bonds is 14. The molecule has 0 aliphatic heterocycles. The van der Waals surface area contributed by atoms with Crippen LogP contribution in [0.1, 0.15) is 45.7 Å². The summed E-state index contributed by atoms with van der Waals surface area (Å²) in [5.74, 6) is 0.277. The third kappa shape index (κ3) is 10.4. The molecule has 0 radical (unpaired) electrons. The van der Waals surface area contributed by atoms with E-state index in [1.165, 1.54) is 19.1 Å². The second-order valence-electron chi connectivity index (χ2n) is 10.8. The summed E-state index contributed by atoms with van der Waals surface area (Å²) in [6.07, 6.45) is -0.197. The molecular formula is C30H44N2O6. The van der Waals surface area contributed by atoms with Crippen molar-refractivity contribution in [2.45, 2.75) is 71.4 Å². The van der Waals surface area contributed by atoms with Gasteiger partial charge < -0.3 is 29.6 Å². The molecule has 2 rings (SSSR count). The van der Waals surface area contributed by atoms with Gasteiger partial charge in [0.05, 0.1) is 19.2 Å². The van der Waals surface area contributed by atoms with Crippen LogP contribution in [-0.4, -0.2) is 68.1 Å². The van der Waals surface area contributed by atoms with Crippen molar-refractivity contribution in [1.29, 1.82) is 0 Å². The normalized spacial score (nSPS) is 13.3. The molecule has 1 amide bonds. The molecule has 0 saturated carbocycles. The number of carbonyl (C=O) groups is 2. The predicted octanol–water partition coefficient (Wildman–Crippen LogP) is 3.99. The monoisotopic (exact) mass is 528 g/mol. The maximum absolute atomic E-state index is 13.8. The molecule has 0 spiro atoms. The fourth-order valence-electron chi connectivity index (χ4n) is 3.84. The lowest BCUT2D eigenvalue weighted by Crippen LogP contribution is -2.56. The SMILES string of the molecule is COC(CN(C(=O)[C@@H](N)Cc1ccc(OCC(C)C)cc1)[C@@H](Cc1ccccc1)C(=O)OC(C)(C)C)OC. The van der Waals surface area contributed by atoms with Crippen LogP contribution in [0.15, 0.2) is 54.6 Å². The Kier molecular flexibility index (Phi) is 12.2. The van der Waals surface area contributed by atoms with Crippen LogP contribution in [0.5, 0.6) is 5.75 Å². The quantitative estimate of drug-likeness (QED) is 0.292. The van der Waals surface area contributed by atoms with Crippen molar-refractivity contribution in [3.05, 3.63) is 65.7 Å². The lowest BCUT2D eigenvalue weighted by Gasteiger charge is -2.35. The molecule has 2 N–H and O–H groups in total. The van der Waals surface area contributed by atoms with Gasteiger partial charge >= 0.3 is 5.97 Å². The van der Waals surface area contributed by atoms with Gasteiger partial charge in [-0.3, -0.25) is 4.79 Å². The van der Waals surface area contributed by atoms with E-state index in [2.05, 4.69) is 13.8 Å². The Labute approximate surface area is 227 Å². The van der Waals surface area contributed by atoms with Gasteiger partial charge in [0.25, 0.3) is 0 Å². The summed E-state index contributed by atoms with van der Waals surface area (Å²) in [6.45, 7) is 10.2. The van der Waals surface area contributed by atoms with Crippen LogP contribution in [0.25, 0.3) is 0 Å². The van der Waals surface area contributed by atoms with Gasteiger partial charge in [0.15, 0.2) is 6.29 Å². The molecule has 38 heavy (non-hydrogen) atoms. The Morgan fingerprint density at radius 3 is 2.00 bits per heavy atom. The first-order chi connectivity index (χ1) is 17.9. The molecule has 0 aliphatic rings. The third-order valence-corrected chi connectivity index (χ3v) is 5.76. The van der Waals surface area contributed by atoms with Gasteiger partial charge in [-0.1, -0.05) is 56.3 Å². The van der Waals surface area contributed by atoms with E-state index in [1.807, 2.05) is 54.6 Å². The van der Waals surface area contributed by atoms with E-state index >= 15 is 0 Å². The summed E-state index contributed by atoms with van der Waals surface area (Å²) in [4.78, 5) is 28.7. The van der Waals surface area contributed by atoms with Crippen molar-refractivity contribution in [3.63, 3.8) is 0 Å². The van der Waals surface area contributed by atoms with Crippen LogP contribution in [-0.2, 0) is 36.6 Å². The molecule has 0 unspecified atom stereocenters. The fourth-order valence-corrected chi connectivity index (χ4v) is 3.84. The molecule has 0 aromatic heterocycles. The largest absolute Gasteiger partial charge is 0.493 e. The Morgan fingerprint density at radius 2 is 1.47 bits per heavy atom. The summed E-state index contributed by atoms with van der Waals surface area (Å²) in [5, 5.41) is 0. The predicted molar refractivity (Wildman–Crippen MR) is 148 cm³/mol. The first kappa shape index (κ1) is 31.3. The lowest BCUT2D eigenvalue weighted by atomic mass is 10.0. The van der Waals surface area contributed by atoms with Crippen LogP contribution in [0.2, 0.25) is 0 Å². The average Bonchev–Trinajstić information content (AvgIpc) is 2.87. The first-order valence-electron chi connectivity index (χ1n) is 13.0. The van der Waals surface area contributed by atoms with Gasteiger partial charge in [-0.05, 0) is 56.4 Å². The number of hydrogen-bond donors (Lipinski definition) is 1. The number of methoxy groups -OCH3 is 2. The molecule has 8 heteroatoms. The highest BCUT2D eigenvalue weighted by atomic mass is 16.7. The average molecular weight is 529 g/mol. The number of nitrogens with zero attached hydrogens (tertiary/aromatic N) is 1. The molecule has 0 aliphatic carbocycles. The molecule has 0 saturated heterocycles. The van der Waals surface area contributed by atoms with E-state index in [9.17, 15) is 9.59 Å². The zero-order valence-corrected chi connectivity index (χ0v) is 23.8. The van der Waals surface area contributed by atoms with Crippen LogP contribution in [0.4, 0.5) is 0 Å². The topological polar surface area (TPSA) is 100 Å². The minimum absolute atomic E-state index is 0.0122. The summed E-state index contributed by atoms with van der Waals surface area (Å²) < 4.78 is 22.3. The third-order valence-electron chi connectivity index (χ3n) is 5.76. The molecule has 2 aromatic rings. The second-order valence-corrected chi connectivity index (χ2v) is 10.8. The van der Waals surface area contributed by atoms with Crippen LogP contribution in [0.3, 0.4) is 0 Å². The number of benzene rings is 2. The zero-order chi connectivity index (χ0) is 28.3. The van der Waals surface area contributed by atoms with Gasteiger partial charge in [-0.25, -0.2) is 4.79 Å². The maximum Gasteiger partial charge on any atom is 0.329 e. The highest BCUT2D eigenvalue weighted by Crippen LogP contribution is 2.19. The summed E-state index contributed by atoms with van der Waals surface area (Å²) >= 11 is 0. The smallest absolute Gasteiger partial charge is 0.329 e. The molecule has 2 aromatic carbocycles. The van der Waals surface area contributed by atoms with Crippen LogP contribution < -0.4 is 10.5 Å². The van der Waals surface area contributed by atoms with Gasteiger partial charge in [-0.2, -0.15) is 0 Å². The molecular weight excluding hydrogens is 484 g/mol. The molecule has 8 nitrogen and oxygen atoms in total. The second kappa shape index (κ2) is 14.9. The zero-order valence-electron chi connectivity index (χ0n) is 23.8. The molecule has 0 heterocycles. The van der Waals surface area contributed by atoms with E-state index in [4.69, 9.17) is 24.7 Å². The minimum atomic E-state index is -0.921. The Morgan fingerprint density at radius 1 is 0.895 bits per heavy atom. The van der Waals surface area contributed by atoms with Crippen molar-refractivity contribution in [1.82, 2.24) is 4.90 Å². The summed E-state index contributed by atoms with van der Waals surface area (Å²) in [5.41, 5.74) is 7.49.